The summed E-state index contributed by atoms with van der Waals surface area (Å²) in [7, 11) is 0. The molecule has 0 saturated carbocycles. The molecule has 0 spiro atoms. The largest absolute Gasteiger partial charge is 0.370 e. The molecule has 2 aromatic heterocycles. The van der Waals surface area contributed by atoms with Gasteiger partial charge in [-0.25, -0.2) is 15.0 Å². The molecule has 0 aromatic carbocycles. The van der Waals surface area contributed by atoms with Crippen LogP contribution in [0.2, 0.25) is 0 Å². The first kappa shape index (κ1) is 10.6. The highest BCUT2D eigenvalue weighted by Crippen LogP contribution is 2.05. The second-order valence-electron chi connectivity index (χ2n) is 3.65. The molecule has 84 valence electrons. The van der Waals surface area contributed by atoms with Crippen molar-refractivity contribution in [1.29, 1.82) is 0 Å². The predicted octanol–water partition coefficient (Wildman–Crippen LogP) is 1.47. The zero-order valence-electron chi connectivity index (χ0n) is 9.49. The molecule has 0 unspecified atom stereocenters. The monoisotopic (exact) mass is 217 g/mol. The lowest BCUT2D eigenvalue weighted by molar-refractivity contribution is 0.912. The number of imidazole rings is 1. The highest BCUT2D eigenvalue weighted by molar-refractivity contribution is 5.35. The summed E-state index contributed by atoms with van der Waals surface area (Å²) in [5.41, 5.74) is 0.980. The van der Waals surface area contributed by atoms with Crippen LogP contribution in [0.5, 0.6) is 0 Å². The standard InChI is InChI=1S/C11H15N5/c1-8-7-11(16-9(2)15-8)12-4-3-10-13-5-6-14-10/h5-7H,3-4H2,1-2H3,(H,13,14)(H,12,15,16). The van der Waals surface area contributed by atoms with Gasteiger partial charge in [0.15, 0.2) is 0 Å². The first-order valence-corrected chi connectivity index (χ1v) is 5.28. The zero-order chi connectivity index (χ0) is 11.4. The third-order valence-corrected chi connectivity index (χ3v) is 2.19. The summed E-state index contributed by atoms with van der Waals surface area (Å²) in [6, 6.07) is 1.94. The second kappa shape index (κ2) is 4.74. The highest BCUT2D eigenvalue weighted by atomic mass is 15.0. The Hall–Kier alpha value is -1.91. The van der Waals surface area contributed by atoms with Gasteiger partial charge in [0.05, 0.1) is 0 Å². The minimum absolute atomic E-state index is 0.792. The molecule has 16 heavy (non-hydrogen) atoms. The summed E-state index contributed by atoms with van der Waals surface area (Å²) in [5.74, 6) is 2.65. The molecule has 0 radical (unpaired) electrons. The Labute approximate surface area is 94.4 Å². The van der Waals surface area contributed by atoms with Gasteiger partial charge in [0, 0.05) is 37.1 Å². The molecule has 2 aromatic rings. The Balaban J connectivity index is 1.89. The van der Waals surface area contributed by atoms with E-state index in [-0.39, 0.29) is 0 Å². The SMILES string of the molecule is Cc1cc(NCCc2ncc[nH]2)nc(C)n1. The maximum Gasteiger partial charge on any atom is 0.129 e. The fourth-order valence-electron chi connectivity index (χ4n) is 1.55. The van der Waals surface area contributed by atoms with Crippen molar-refractivity contribution in [3.05, 3.63) is 35.8 Å². The maximum absolute atomic E-state index is 4.30. The summed E-state index contributed by atoms with van der Waals surface area (Å²) in [4.78, 5) is 15.7. The Morgan fingerprint density at radius 3 is 2.88 bits per heavy atom. The van der Waals surface area contributed by atoms with Gasteiger partial charge in [-0.1, -0.05) is 0 Å². The molecule has 0 aliphatic rings. The molecule has 0 saturated heterocycles. The van der Waals surface area contributed by atoms with Gasteiger partial charge in [-0.3, -0.25) is 0 Å². The number of rotatable bonds is 4. The quantitative estimate of drug-likeness (QED) is 0.814. The number of nitrogens with one attached hydrogen (secondary N) is 2. The smallest absolute Gasteiger partial charge is 0.129 e. The van der Waals surface area contributed by atoms with Gasteiger partial charge in [0.2, 0.25) is 0 Å². The maximum atomic E-state index is 4.30. The van der Waals surface area contributed by atoms with E-state index in [1.165, 1.54) is 0 Å². The van der Waals surface area contributed by atoms with E-state index in [1.807, 2.05) is 26.1 Å². The van der Waals surface area contributed by atoms with Crippen LogP contribution in [-0.2, 0) is 6.42 Å². The van der Waals surface area contributed by atoms with Crippen molar-refractivity contribution in [2.45, 2.75) is 20.3 Å². The normalized spacial score (nSPS) is 10.4. The van der Waals surface area contributed by atoms with E-state index in [0.717, 1.165) is 36.1 Å². The summed E-state index contributed by atoms with van der Waals surface area (Å²) in [6.45, 7) is 4.67. The Bertz CT molecular complexity index is 429. The molecule has 0 aliphatic carbocycles. The number of anilines is 1. The van der Waals surface area contributed by atoms with E-state index in [9.17, 15) is 0 Å². The topological polar surface area (TPSA) is 66.5 Å². The van der Waals surface area contributed by atoms with Crippen LogP contribution in [-0.4, -0.2) is 26.5 Å². The van der Waals surface area contributed by atoms with Crippen LogP contribution in [0.3, 0.4) is 0 Å². The van der Waals surface area contributed by atoms with E-state index >= 15 is 0 Å². The Morgan fingerprint density at radius 2 is 2.19 bits per heavy atom. The van der Waals surface area contributed by atoms with Crippen molar-refractivity contribution in [2.24, 2.45) is 0 Å². The minimum atomic E-state index is 0.792. The zero-order valence-corrected chi connectivity index (χ0v) is 9.49. The average Bonchev–Trinajstić information content (AvgIpc) is 2.69. The predicted molar refractivity (Wildman–Crippen MR) is 62.3 cm³/mol. The fraction of sp³-hybridized carbons (Fsp3) is 0.364. The van der Waals surface area contributed by atoms with Crippen LogP contribution in [0, 0.1) is 13.8 Å². The van der Waals surface area contributed by atoms with Crippen LogP contribution in [0.25, 0.3) is 0 Å². The molecular weight excluding hydrogens is 202 g/mol. The van der Waals surface area contributed by atoms with Crippen LogP contribution < -0.4 is 5.32 Å². The number of nitrogens with zero attached hydrogens (tertiary/aromatic N) is 3. The van der Waals surface area contributed by atoms with Gasteiger partial charge in [-0.2, -0.15) is 0 Å². The fourth-order valence-corrected chi connectivity index (χ4v) is 1.55. The number of H-pyrrole nitrogens is 1. The molecule has 0 atom stereocenters. The Morgan fingerprint density at radius 1 is 1.31 bits per heavy atom. The van der Waals surface area contributed by atoms with Gasteiger partial charge in [0.1, 0.15) is 17.5 Å². The van der Waals surface area contributed by atoms with Gasteiger partial charge >= 0.3 is 0 Å². The van der Waals surface area contributed by atoms with Crippen LogP contribution in [0.4, 0.5) is 5.82 Å². The van der Waals surface area contributed by atoms with Crippen LogP contribution in [0.15, 0.2) is 18.5 Å². The second-order valence-corrected chi connectivity index (χ2v) is 3.65. The van der Waals surface area contributed by atoms with Crippen molar-refractivity contribution in [2.75, 3.05) is 11.9 Å². The first-order chi connectivity index (χ1) is 7.74. The van der Waals surface area contributed by atoms with E-state index in [0.29, 0.717) is 0 Å². The van der Waals surface area contributed by atoms with E-state index in [1.54, 1.807) is 6.20 Å². The van der Waals surface area contributed by atoms with E-state index in [2.05, 4.69) is 25.3 Å². The Kier molecular flexibility index (Phi) is 3.14. The molecule has 0 bridgehead atoms. The van der Waals surface area contributed by atoms with Gasteiger partial charge in [-0.05, 0) is 13.8 Å². The van der Waals surface area contributed by atoms with Crippen molar-refractivity contribution in [3.8, 4) is 0 Å². The molecule has 2 rings (SSSR count). The third-order valence-electron chi connectivity index (χ3n) is 2.19. The molecule has 0 amide bonds. The van der Waals surface area contributed by atoms with Gasteiger partial charge < -0.3 is 10.3 Å². The summed E-state index contributed by atoms with van der Waals surface area (Å²) in [6.07, 6.45) is 4.44. The van der Waals surface area contributed by atoms with Gasteiger partial charge in [-0.15, -0.1) is 0 Å². The molecular formula is C11H15N5. The lowest BCUT2D eigenvalue weighted by Crippen LogP contribution is -2.08. The lowest BCUT2D eigenvalue weighted by atomic mass is 10.3. The molecule has 2 N–H and O–H groups in total. The lowest BCUT2D eigenvalue weighted by Gasteiger charge is -2.05. The van der Waals surface area contributed by atoms with Crippen molar-refractivity contribution < 1.29 is 0 Å². The number of aromatic nitrogens is 4. The van der Waals surface area contributed by atoms with E-state index in [4.69, 9.17) is 0 Å². The number of hydrogen-bond acceptors (Lipinski definition) is 4. The van der Waals surface area contributed by atoms with Crippen molar-refractivity contribution in [1.82, 2.24) is 19.9 Å². The summed E-state index contributed by atoms with van der Waals surface area (Å²) < 4.78 is 0. The minimum Gasteiger partial charge on any atom is -0.370 e. The number of hydrogen-bond donors (Lipinski definition) is 2. The number of aromatic amines is 1. The van der Waals surface area contributed by atoms with Crippen molar-refractivity contribution >= 4 is 5.82 Å². The summed E-state index contributed by atoms with van der Waals surface area (Å²) in [5, 5.41) is 3.25. The molecule has 0 fully saturated rings. The third kappa shape index (κ3) is 2.79. The van der Waals surface area contributed by atoms with Crippen LogP contribution in [0.1, 0.15) is 17.3 Å². The highest BCUT2D eigenvalue weighted by Gasteiger charge is 1.99. The van der Waals surface area contributed by atoms with Gasteiger partial charge in [0.25, 0.3) is 0 Å². The summed E-state index contributed by atoms with van der Waals surface area (Å²) >= 11 is 0. The number of aryl methyl sites for hydroxylation is 2. The van der Waals surface area contributed by atoms with Crippen LogP contribution >= 0.6 is 0 Å². The molecule has 0 aliphatic heterocycles. The van der Waals surface area contributed by atoms with Crippen molar-refractivity contribution in [3.63, 3.8) is 0 Å². The molecule has 5 heteroatoms. The first-order valence-electron chi connectivity index (χ1n) is 5.28. The molecule has 2 heterocycles. The van der Waals surface area contributed by atoms with E-state index < -0.39 is 0 Å². The average molecular weight is 217 g/mol. The molecule has 5 nitrogen and oxygen atoms in total.